The summed E-state index contributed by atoms with van der Waals surface area (Å²) in [6.45, 7) is 0.426. The van der Waals surface area contributed by atoms with Gasteiger partial charge in [0, 0.05) is 25.4 Å². The first-order chi connectivity index (χ1) is 13.9. The molecule has 0 saturated heterocycles. The first-order valence-electron chi connectivity index (χ1n) is 8.71. The van der Waals surface area contributed by atoms with Gasteiger partial charge >= 0.3 is 6.36 Å². The maximum Gasteiger partial charge on any atom is 0.573 e. The molecule has 1 aromatic carbocycles. The maximum absolute atomic E-state index is 12.7. The molecule has 0 atom stereocenters. The lowest BCUT2D eigenvalue weighted by Crippen LogP contribution is -2.18. The number of aromatic nitrogens is 3. The van der Waals surface area contributed by atoms with Gasteiger partial charge in [0.25, 0.3) is 0 Å². The summed E-state index contributed by atoms with van der Waals surface area (Å²) in [4.78, 5) is 12.9. The van der Waals surface area contributed by atoms with Gasteiger partial charge in [-0.15, -0.1) is 13.2 Å². The van der Waals surface area contributed by atoms with Gasteiger partial charge in [-0.25, -0.2) is 4.98 Å². The predicted molar refractivity (Wildman–Crippen MR) is 102 cm³/mol. The zero-order valence-corrected chi connectivity index (χ0v) is 15.1. The number of aliphatic hydroxyl groups excluding tert-OH is 1. The van der Waals surface area contributed by atoms with Crippen LogP contribution in [0.4, 0.5) is 30.6 Å². The summed E-state index contributed by atoms with van der Waals surface area (Å²) in [5, 5.41) is 14.8. The number of ether oxygens (including phenoxy) is 1. The molecule has 0 saturated carbocycles. The van der Waals surface area contributed by atoms with Gasteiger partial charge in [0.2, 0.25) is 5.95 Å². The number of hydrogen-bond acceptors (Lipinski definition) is 7. The van der Waals surface area contributed by atoms with Crippen LogP contribution in [0.2, 0.25) is 0 Å². The Kier molecular flexibility index (Phi) is 6.45. The second-order valence-electron chi connectivity index (χ2n) is 5.85. The van der Waals surface area contributed by atoms with Crippen LogP contribution in [0, 0.1) is 0 Å². The molecular weight excluding hydrogens is 387 g/mol. The number of alkyl halides is 3. The topological polar surface area (TPSA) is 92.2 Å². The van der Waals surface area contributed by atoms with E-state index in [9.17, 15) is 13.2 Å². The molecule has 3 N–H and O–H groups in total. The monoisotopic (exact) mass is 405 g/mol. The van der Waals surface area contributed by atoms with Crippen molar-refractivity contribution in [3.63, 3.8) is 0 Å². The van der Waals surface area contributed by atoms with Gasteiger partial charge in [0.15, 0.2) is 5.75 Å². The number of rotatable bonds is 8. The van der Waals surface area contributed by atoms with Crippen molar-refractivity contribution in [3.8, 4) is 17.1 Å². The van der Waals surface area contributed by atoms with E-state index >= 15 is 0 Å². The van der Waals surface area contributed by atoms with E-state index in [0.717, 1.165) is 0 Å². The summed E-state index contributed by atoms with van der Waals surface area (Å²) in [5.41, 5.74) is 1.14. The van der Waals surface area contributed by atoms with E-state index in [1.165, 1.54) is 18.2 Å². The molecule has 7 nitrogen and oxygen atoms in total. The van der Waals surface area contributed by atoms with Gasteiger partial charge in [-0.2, -0.15) is 4.98 Å². The summed E-state index contributed by atoms with van der Waals surface area (Å²) < 4.78 is 42.1. The van der Waals surface area contributed by atoms with Gasteiger partial charge in [0.1, 0.15) is 5.82 Å². The summed E-state index contributed by atoms with van der Waals surface area (Å²) in [5.74, 6) is 0.122. The lowest BCUT2D eigenvalue weighted by molar-refractivity contribution is -0.274. The number of benzene rings is 1. The van der Waals surface area contributed by atoms with Crippen molar-refractivity contribution in [1.29, 1.82) is 0 Å². The van der Waals surface area contributed by atoms with Gasteiger partial charge in [-0.3, -0.25) is 4.98 Å². The van der Waals surface area contributed by atoms with Crippen LogP contribution in [0.15, 0.2) is 54.7 Å². The first-order valence-corrected chi connectivity index (χ1v) is 8.71. The van der Waals surface area contributed by atoms with Crippen molar-refractivity contribution in [1.82, 2.24) is 15.0 Å². The zero-order chi connectivity index (χ0) is 20.7. The van der Waals surface area contributed by atoms with Crippen molar-refractivity contribution in [2.75, 3.05) is 23.8 Å². The number of nitrogens with zero attached hydrogens (tertiary/aromatic N) is 3. The van der Waals surface area contributed by atoms with Crippen LogP contribution >= 0.6 is 0 Å². The lowest BCUT2D eigenvalue weighted by atomic mass is 10.2. The fourth-order valence-corrected chi connectivity index (χ4v) is 2.44. The van der Waals surface area contributed by atoms with Crippen LogP contribution in [0.3, 0.4) is 0 Å². The minimum absolute atomic E-state index is 0.000194. The molecular formula is C19H18F3N5O2. The van der Waals surface area contributed by atoms with E-state index in [1.54, 1.807) is 36.5 Å². The Morgan fingerprint density at radius 2 is 1.79 bits per heavy atom. The molecule has 2 aromatic heterocycles. The van der Waals surface area contributed by atoms with Crippen LogP contribution in [-0.2, 0) is 0 Å². The summed E-state index contributed by atoms with van der Waals surface area (Å²) in [7, 11) is 0. The number of pyridine rings is 1. The number of anilines is 3. The van der Waals surface area contributed by atoms with Crippen molar-refractivity contribution >= 4 is 17.5 Å². The van der Waals surface area contributed by atoms with Crippen molar-refractivity contribution < 1.29 is 23.0 Å². The summed E-state index contributed by atoms with van der Waals surface area (Å²) in [6.07, 6.45) is -2.72. The minimum Gasteiger partial charge on any atom is -0.404 e. The third-order valence-electron chi connectivity index (χ3n) is 3.65. The third kappa shape index (κ3) is 6.04. The van der Waals surface area contributed by atoms with E-state index in [0.29, 0.717) is 24.4 Å². The van der Waals surface area contributed by atoms with Crippen molar-refractivity contribution in [2.45, 2.75) is 12.8 Å². The van der Waals surface area contributed by atoms with Gasteiger partial charge in [-0.1, -0.05) is 18.2 Å². The first kappa shape index (κ1) is 20.3. The summed E-state index contributed by atoms with van der Waals surface area (Å²) >= 11 is 0. The second-order valence-corrected chi connectivity index (χ2v) is 5.85. The molecule has 0 unspecified atom stereocenters. The minimum atomic E-state index is -4.82. The molecule has 2 heterocycles. The van der Waals surface area contributed by atoms with Crippen molar-refractivity contribution in [2.24, 2.45) is 0 Å². The highest BCUT2D eigenvalue weighted by atomic mass is 19.4. The molecule has 0 aliphatic carbocycles. The van der Waals surface area contributed by atoms with Crippen LogP contribution in [0.25, 0.3) is 11.4 Å². The SMILES string of the molecule is OCCCNc1nc(Nc2ccccc2OC(F)(F)F)cc(-c2ccccn2)n1. The Morgan fingerprint density at radius 3 is 2.52 bits per heavy atom. The second kappa shape index (κ2) is 9.20. The number of para-hydroxylation sites is 2. The quantitative estimate of drug-likeness (QED) is 0.488. The zero-order valence-electron chi connectivity index (χ0n) is 15.1. The van der Waals surface area contributed by atoms with E-state index in [2.05, 4.69) is 30.3 Å². The summed E-state index contributed by atoms with van der Waals surface area (Å²) in [6, 6.07) is 12.5. The molecule has 152 valence electrons. The highest BCUT2D eigenvalue weighted by Crippen LogP contribution is 2.32. The average molecular weight is 405 g/mol. The Labute approximate surface area is 164 Å². The number of halogens is 3. The predicted octanol–water partition coefficient (Wildman–Crippen LogP) is 3.98. The fourth-order valence-electron chi connectivity index (χ4n) is 2.44. The lowest BCUT2D eigenvalue weighted by Gasteiger charge is -2.15. The average Bonchev–Trinajstić information content (AvgIpc) is 2.69. The number of nitrogens with one attached hydrogen (secondary N) is 2. The normalized spacial score (nSPS) is 11.2. The number of hydrogen-bond donors (Lipinski definition) is 3. The molecule has 0 aliphatic rings. The largest absolute Gasteiger partial charge is 0.573 e. The Morgan fingerprint density at radius 1 is 1.00 bits per heavy atom. The van der Waals surface area contributed by atoms with Crippen LogP contribution in [0.1, 0.15) is 6.42 Å². The van der Waals surface area contributed by atoms with Crippen LogP contribution in [-0.4, -0.2) is 39.6 Å². The molecule has 29 heavy (non-hydrogen) atoms. The van der Waals surface area contributed by atoms with E-state index in [1.807, 2.05) is 0 Å². The smallest absolute Gasteiger partial charge is 0.404 e. The molecule has 3 rings (SSSR count). The number of aliphatic hydroxyl groups is 1. The molecule has 0 aliphatic heterocycles. The highest BCUT2D eigenvalue weighted by Gasteiger charge is 2.32. The van der Waals surface area contributed by atoms with Crippen LogP contribution < -0.4 is 15.4 Å². The maximum atomic E-state index is 12.7. The Bertz CT molecular complexity index is 939. The highest BCUT2D eigenvalue weighted by molar-refractivity contribution is 5.68. The fraction of sp³-hybridized carbons (Fsp3) is 0.211. The van der Waals surface area contributed by atoms with Gasteiger partial charge in [0.05, 0.1) is 17.1 Å². The third-order valence-corrected chi connectivity index (χ3v) is 3.65. The molecule has 0 radical (unpaired) electrons. The van der Waals surface area contributed by atoms with Crippen molar-refractivity contribution in [3.05, 3.63) is 54.7 Å². The van der Waals surface area contributed by atoms with Gasteiger partial charge < -0.3 is 20.5 Å². The molecule has 0 amide bonds. The van der Waals surface area contributed by atoms with E-state index < -0.39 is 6.36 Å². The Balaban J connectivity index is 1.93. The molecule has 10 heteroatoms. The van der Waals surface area contributed by atoms with Gasteiger partial charge in [-0.05, 0) is 30.7 Å². The molecule has 0 fully saturated rings. The molecule has 0 spiro atoms. The van der Waals surface area contributed by atoms with E-state index in [4.69, 9.17) is 5.11 Å². The standard InChI is InChI=1S/C19H18F3N5O2/c20-19(21,22)29-16-8-2-1-7-14(16)25-17-12-15(13-6-3-4-9-23-13)26-18(27-17)24-10-5-11-28/h1-4,6-9,12,28H,5,10-11H2,(H2,24,25,26,27). The van der Waals surface area contributed by atoms with Crippen LogP contribution in [0.5, 0.6) is 5.75 Å². The van der Waals surface area contributed by atoms with E-state index in [-0.39, 0.29) is 29.8 Å². The Hall–Kier alpha value is -3.40. The molecule has 0 bridgehead atoms. The molecule has 3 aromatic rings.